The van der Waals surface area contributed by atoms with Gasteiger partial charge in [0.15, 0.2) is 0 Å². The summed E-state index contributed by atoms with van der Waals surface area (Å²) in [5, 5.41) is 7.48. The maximum absolute atomic E-state index is 9.13. The van der Waals surface area contributed by atoms with Crippen LogP contribution < -0.4 is 0 Å². The van der Waals surface area contributed by atoms with Crippen molar-refractivity contribution in [3.63, 3.8) is 0 Å². The molecule has 1 N–H and O–H groups in total. The Hall–Kier alpha value is -0.211. The molecule has 30 valence electrons. The molecule has 0 atom stereocenters. The molecule has 0 aromatic rings. The van der Waals surface area contributed by atoms with Crippen molar-refractivity contribution in [2.24, 2.45) is 0 Å². The van der Waals surface area contributed by atoms with Crippen molar-refractivity contribution in [1.82, 2.24) is 0 Å². The van der Waals surface area contributed by atoms with Crippen LogP contribution in [-0.2, 0) is 3.82 Å². The van der Waals surface area contributed by atoms with Gasteiger partial charge in [-0.05, 0) is 0 Å². The second kappa shape index (κ2) is 2.05. The van der Waals surface area contributed by atoms with E-state index >= 15 is 0 Å². The Bertz CT molecular complexity index is 42.2. The van der Waals surface area contributed by atoms with Crippen LogP contribution in [0.3, 0.4) is 0 Å². The van der Waals surface area contributed by atoms with Crippen LogP contribution in [0.2, 0.25) is 0 Å². The van der Waals surface area contributed by atoms with E-state index in [1.54, 1.807) is 0 Å². The van der Waals surface area contributed by atoms with Gasteiger partial charge >= 0.3 is 36.2 Å². The van der Waals surface area contributed by atoms with Crippen LogP contribution >= 0.6 is 0 Å². The van der Waals surface area contributed by atoms with E-state index in [2.05, 4.69) is 3.82 Å². The summed E-state index contributed by atoms with van der Waals surface area (Å²) >= 11 is 1.47. The monoisotopic (exact) mass is 142 g/mol. The van der Waals surface area contributed by atoms with Crippen LogP contribution in [0, 0.1) is 0 Å². The molecule has 0 fully saturated rings. The zero-order valence-corrected chi connectivity index (χ0v) is 4.09. The first kappa shape index (κ1) is 4.79. The average molecular weight is 141 g/mol. The number of hydrogen-bond acceptors (Lipinski definition) is 2. The predicted octanol–water partition coefficient (Wildman–Crippen LogP) is -0.503. The summed E-state index contributed by atoms with van der Waals surface area (Å²) < 4.78 is 3.60. The quantitative estimate of drug-likeness (QED) is 0.462. The molecule has 0 saturated heterocycles. The van der Waals surface area contributed by atoms with E-state index in [4.69, 9.17) is 9.90 Å². The van der Waals surface area contributed by atoms with E-state index in [0.29, 0.717) is 0 Å². The van der Waals surface area contributed by atoms with E-state index < -0.39 is 6.16 Å². The first-order chi connectivity index (χ1) is 2.27. The van der Waals surface area contributed by atoms with Crippen molar-refractivity contribution in [3.05, 3.63) is 0 Å². The van der Waals surface area contributed by atoms with Crippen molar-refractivity contribution in [3.8, 4) is 0 Å². The molecule has 0 saturated carbocycles. The molecule has 0 rings (SSSR count). The second-order valence-corrected chi connectivity index (χ2v) is 0.740. The molecular weight excluding hydrogens is 139 g/mol. The van der Waals surface area contributed by atoms with Gasteiger partial charge in [-0.1, -0.05) is 0 Å². The van der Waals surface area contributed by atoms with Crippen LogP contribution in [0.5, 0.6) is 0 Å². The fourth-order valence-electron chi connectivity index (χ4n) is 0. The van der Waals surface area contributed by atoms with Gasteiger partial charge in [-0.25, -0.2) is 0 Å². The van der Waals surface area contributed by atoms with E-state index in [-0.39, 0.29) is 0 Å². The summed E-state index contributed by atoms with van der Waals surface area (Å²) in [6, 6.07) is 0. The summed E-state index contributed by atoms with van der Waals surface area (Å²) in [5.74, 6) is 0. The van der Waals surface area contributed by atoms with Crippen molar-refractivity contribution in [2.45, 2.75) is 0 Å². The molecule has 0 aliphatic carbocycles. The van der Waals surface area contributed by atoms with Gasteiger partial charge in [0.2, 0.25) is 0 Å². The van der Waals surface area contributed by atoms with Gasteiger partial charge < -0.3 is 0 Å². The van der Waals surface area contributed by atoms with Gasteiger partial charge in [-0.3, -0.25) is 0 Å². The molecular formula is CH2O3Se. The van der Waals surface area contributed by atoms with Gasteiger partial charge in [0.25, 0.3) is 0 Å². The van der Waals surface area contributed by atoms with E-state index in [1.807, 2.05) is 0 Å². The van der Waals surface area contributed by atoms with Crippen molar-refractivity contribution in [2.75, 3.05) is 0 Å². The van der Waals surface area contributed by atoms with Crippen molar-refractivity contribution < 1.29 is 13.7 Å². The third kappa shape index (κ3) is 3.79. The summed E-state index contributed by atoms with van der Waals surface area (Å²) in [6.07, 6.45) is -1.27. The van der Waals surface area contributed by atoms with E-state index in [1.165, 1.54) is 16.3 Å². The van der Waals surface area contributed by atoms with Crippen LogP contribution in [0.1, 0.15) is 0 Å². The molecule has 0 unspecified atom stereocenters. The first-order valence-corrected chi connectivity index (χ1v) is 1.58. The van der Waals surface area contributed by atoms with E-state index in [9.17, 15) is 0 Å². The zero-order chi connectivity index (χ0) is 4.28. The van der Waals surface area contributed by atoms with Gasteiger partial charge in [0.05, 0.1) is 0 Å². The van der Waals surface area contributed by atoms with Crippen LogP contribution in [0.4, 0.5) is 4.79 Å². The molecule has 5 heavy (non-hydrogen) atoms. The fraction of sp³-hybridized carbons (Fsp3) is 0. The number of rotatable bonds is 0. The topological polar surface area (TPSA) is 46.5 Å². The van der Waals surface area contributed by atoms with Crippen LogP contribution in [-0.4, -0.2) is 27.6 Å². The molecule has 0 aromatic heterocycles. The molecule has 0 aliphatic rings. The second-order valence-electron chi connectivity index (χ2n) is 0.357. The van der Waals surface area contributed by atoms with Gasteiger partial charge in [0.1, 0.15) is 0 Å². The predicted molar refractivity (Wildman–Crippen MR) is 16.3 cm³/mol. The minimum absolute atomic E-state index is 1.27. The SMILES string of the molecule is O=C(O)O[SeH]. The summed E-state index contributed by atoms with van der Waals surface area (Å²) in [5.41, 5.74) is 0. The Morgan fingerprint density at radius 2 is 2.20 bits per heavy atom. The first-order valence-electron chi connectivity index (χ1n) is 0.814. The Morgan fingerprint density at radius 3 is 2.20 bits per heavy atom. The number of carbonyl (C=O) groups is 1. The van der Waals surface area contributed by atoms with Crippen LogP contribution in [0.25, 0.3) is 0 Å². The normalized spacial score (nSPS) is 6.60. The molecule has 0 radical (unpaired) electrons. The summed E-state index contributed by atoms with van der Waals surface area (Å²) in [4.78, 5) is 9.13. The van der Waals surface area contributed by atoms with Crippen molar-refractivity contribution >= 4 is 22.5 Å². The number of hydrogen-bond donors (Lipinski definition) is 1. The molecule has 0 heterocycles. The Balaban J connectivity index is 2.85. The molecule has 3 nitrogen and oxygen atoms in total. The number of carboxylic acid groups (broad SMARTS) is 1. The third-order valence-electron chi connectivity index (χ3n) is 0.0781. The van der Waals surface area contributed by atoms with Crippen molar-refractivity contribution in [1.29, 1.82) is 0 Å². The molecule has 0 bridgehead atoms. The standard InChI is InChI=1S/CH2O3Se/c2-1(3)4-5/h5H,(H,2,3). The van der Waals surface area contributed by atoms with Gasteiger partial charge in [-0.2, -0.15) is 0 Å². The van der Waals surface area contributed by atoms with Gasteiger partial charge in [0, 0.05) is 0 Å². The third-order valence-corrected chi connectivity index (χ3v) is 0.406. The average Bonchev–Trinajstić information content (AvgIpc) is 1.38. The Labute approximate surface area is 37.1 Å². The van der Waals surface area contributed by atoms with Gasteiger partial charge in [-0.15, -0.1) is 0 Å². The zero-order valence-electron chi connectivity index (χ0n) is 2.21. The molecule has 0 aliphatic heterocycles. The Kier molecular flexibility index (Phi) is 1.97. The Morgan fingerprint density at radius 1 is 2.00 bits per heavy atom. The molecule has 0 amide bonds. The summed E-state index contributed by atoms with van der Waals surface area (Å²) in [6.45, 7) is 0. The minimum atomic E-state index is -1.27. The maximum atomic E-state index is 9.13. The summed E-state index contributed by atoms with van der Waals surface area (Å²) in [7, 11) is 0. The molecule has 4 heteroatoms. The van der Waals surface area contributed by atoms with E-state index in [0.717, 1.165) is 0 Å². The fourth-order valence-corrected chi connectivity index (χ4v) is 0. The van der Waals surface area contributed by atoms with Crippen LogP contribution in [0.15, 0.2) is 0 Å². The molecule has 0 aromatic carbocycles. The molecule has 0 spiro atoms.